The van der Waals surface area contributed by atoms with Crippen molar-refractivity contribution in [3.05, 3.63) is 36.0 Å². The lowest BCUT2D eigenvalue weighted by molar-refractivity contribution is 0.238. The highest BCUT2D eigenvalue weighted by molar-refractivity contribution is 5.84. The molecule has 1 aromatic carbocycles. The van der Waals surface area contributed by atoms with Crippen molar-refractivity contribution < 1.29 is 4.74 Å². The Balaban J connectivity index is 2.26. The highest BCUT2D eigenvalue weighted by atomic mass is 16.5. The predicted octanol–water partition coefficient (Wildman–Crippen LogP) is 2.81. The van der Waals surface area contributed by atoms with Crippen LogP contribution in [0, 0.1) is 18.3 Å². The molecular weight excluding hydrogens is 250 g/mol. The van der Waals surface area contributed by atoms with Crippen LogP contribution < -0.4 is 10.1 Å². The van der Waals surface area contributed by atoms with Crippen molar-refractivity contribution in [2.24, 2.45) is 0 Å². The van der Waals surface area contributed by atoms with E-state index >= 15 is 0 Å². The van der Waals surface area contributed by atoms with Gasteiger partial charge in [-0.15, -0.1) is 0 Å². The van der Waals surface area contributed by atoms with Crippen molar-refractivity contribution in [3.8, 4) is 11.8 Å². The number of rotatable bonds is 5. The number of hydrogen-bond donors (Lipinski definition) is 1. The second-order valence-corrected chi connectivity index (χ2v) is 5.04. The standard InChI is InChI=1S/C16H19N3O/c1-4-18-16(3,10-17)11-20-14-7-5-6-13-9-8-12(2)19-15(13)14/h5-9,18H,4,11H2,1-3H3. The summed E-state index contributed by atoms with van der Waals surface area (Å²) in [6.07, 6.45) is 0. The molecule has 4 nitrogen and oxygen atoms in total. The monoisotopic (exact) mass is 269 g/mol. The molecule has 0 fully saturated rings. The topological polar surface area (TPSA) is 57.9 Å². The fourth-order valence-corrected chi connectivity index (χ4v) is 2.07. The van der Waals surface area contributed by atoms with E-state index in [1.54, 1.807) is 0 Å². The number of ether oxygens (including phenoxy) is 1. The zero-order valence-corrected chi connectivity index (χ0v) is 12.1. The Morgan fingerprint density at radius 1 is 1.35 bits per heavy atom. The van der Waals surface area contributed by atoms with E-state index in [9.17, 15) is 5.26 Å². The van der Waals surface area contributed by atoms with Gasteiger partial charge in [0, 0.05) is 11.1 Å². The van der Waals surface area contributed by atoms with Gasteiger partial charge in [0.15, 0.2) is 0 Å². The summed E-state index contributed by atoms with van der Waals surface area (Å²) >= 11 is 0. The Kier molecular flexibility index (Phi) is 4.21. The first-order chi connectivity index (χ1) is 9.58. The summed E-state index contributed by atoms with van der Waals surface area (Å²) in [4.78, 5) is 4.52. The summed E-state index contributed by atoms with van der Waals surface area (Å²) < 4.78 is 5.84. The van der Waals surface area contributed by atoms with Crippen LogP contribution in [0.25, 0.3) is 10.9 Å². The molecule has 1 unspecified atom stereocenters. The van der Waals surface area contributed by atoms with E-state index in [0.29, 0.717) is 5.75 Å². The summed E-state index contributed by atoms with van der Waals surface area (Å²) in [7, 11) is 0. The van der Waals surface area contributed by atoms with Gasteiger partial charge >= 0.3 is 0 Å². The number of aryl methyl sites for hydroxylation is 1. The Hall–Kier alpha value is -2.12. The molecule has 0 aliphatic heterocycles. The number of para-hydroxylation sites is 1. The van der Waals surface area contributed by atoms with Gasteiger partial charge in [0.2, 0.25) is 0 Å². The van der Waals surface area contributed by atoms with Crippen LogP contribution in [-0.2, 0) is 0 Å². The van der Waals surface area contributed by atoms with Gasteiger partial charge in [-0.2, -0.15) is 5.26 Å². The first kappa shape index (κ1) is 14.3. The normalized spacial score (nSPS) is 13.7. The Bertz CT molecular complexity index is 648. The number of fused-ring (bicyclic) bond motifs is 1. The van der Waals surface area contributed by atoms with E-state index in [2.05, 4.69) is 16.4 Å². The number of likely N-dealkylation sites (N-methyl/N-ethyl adjacent to an activating group) is 1. The smallest absolute Gasteiger partial charge is 0.145 e. The van der Waals surface area contributed by atoms with Crippen molar-refractivity contribution in [1.82, 2.24) is 10.3 Å². The molecule has 2 rings (SSSR count). The van der Waals surface area contributed by atoms with Crippen molar-refractivity contribution in [3.63, 3.8) is 0 Å². The highest BCUT2D eigenvalue weighted by Crippen LogP contribution is 2.24. The van der Waals surface area contributed by atoms with Crippen LogP contribution in [0.5, 0.6) is 5.75 Å². The number of nitrogens with one attached hydrogen (secondary N) is 1. The van der Waals surface area contributed by atoms with Gasteiger partial charge in [-0.1, -0.05) is 25.1 Å². The van der Waals surface area contributed by atoms with E-state index in [1.807, 2.05) is 51.1 Å². The van der Waals surface area contributed by atoms with Gasteiger partial charge in [-0.25, -0.2) is 4.98 Å². The lowest BCUT2D eigenvalue weighted by Crippen LogP contribution is -2.46. The molecule has 104 valence electrons. The summed E-state index contributed by atoms with van der Waals surface area (Å²) in [6.45, 7) is 6.76. The van der Waals surface area contributed by atoms with Gasteiger partial charge in [0.1, 0.15) is 23.4 Å². The first-order valence-electron chi connectivity index (χ1n) is 6.73. The Labute approximate surface area is 119 Å². The molecule has 0 bridgehead atoms. The summed E-state index contributed by atoms with van der Waals surface area (Å²) in [5.41, 5.74) is 1.09. The minimum Gasteiger partial charge on any atom is -0.488 e. The summed E-state index contributed by atoms with van der Waals surface area (Å²) in [6, 6.07) is 12.1. The van der Waals surface area contributed by atoms with Gasteiger partial charge in [0.25, 0.3) is 0 Å². The van der Waals surface area contributed by atoms with E-state index in [-0.39, 0.29) is 6.61 Å². The largest absolute Gasteiger partial charge is 0.488 e. The minimum absolute atomic E-state index is 0.284. The van der Waals surface area contributed by atoms with E-state index in [1.165, 1.54) is 0 Å². The van der Waals surface area contributed by atoms with Crippen LogP contribution in [-0.4, -0.2) is 23.7 Å². The number of aromatic nitrogens is 1. The first-order valence-corrected chi connectivity index (χ1v) is 6.73. The molecule has 1 N–H and O–H groups in total. The number of nitrogens with zero attached hydrogens (tertiary/aromatic N) is 2. The third-order valence-electron chi connectivity index (χ3n) is 3.15. The fourth-order valence-electron chi connectivity index (χ4n) is 2.07. The lowest BCUT2D eigenvalue weighted by atomic mass is 10.1. The van der Waals surface area contributed by atoms with Crippen LogP contribution in [0.3, 0.4) is 0 Å². The number of pyridine rings is 1. The van der Waals surface area contributed by atoms with Gasteiger partial charge < -0.3 is 4.74 Å². The van der Waals surface area contributed by atoms with Crippen molar-refractivity contribution in [2.75, 3.05) is 13.2 Å². The zero-order valence-electron chi connectivity index (χ0n) is 12.1. The number of hydrogen-bond acceptors (Lipinski definition) is 4. The molecule has 0 radical (unpaired) electrons. The van der Waals surface area contributed by atoms with E-state index < -0.39 is 5.54 Å². The maximum Gasteiger partial charge on any atom is 0.145 e. The molecule has 0 spiro atoms. The van der Waals surface area contributed by atoms with Gasteiger partial charge in [-0.05, 0) is 32.5 Å². The fraction of sp³-hybridized carbons (Fsp3) is 0.375. The Morgan fingerprint density at radius 2 is 2.15 bits per heavy atom. The van der Waals surface area contributed by atoms with Crippen LogP contribution in [0.15, 0.2) is 30.3 Å². The third-order valence-corrected chi connectivity index (χ3v) is 3.15. The molecule has 1 heterocycles. The number of nitriles is 1. The SMILES string of the molecule is CCNC(C)(C#N)COc1cccc2ccc(C)nc12. The quantitative estimate of drug-likeness (QED) is 0.906. The van der Waals surface area contributed by atoms with Crippen molar-refractivity contribution >= 4 is 10.9 Å². The molecule has 0 amide bonds. The average Bonchev–Trinajstić information content (AvgIpc) is 2.45. The molecule has 20 heavy (non-hydrogen) atoms. The maximum absolute atomic E-state index is 9.24. The zero-order chi connectivity index (χ0) is 14.6. The van der Waals surface area contributed by atoms with E-state index in [0.717, 1.165) is 23.1 Å². The second-order valence-electron chi connectivity index (χ2n) is 5.04. The summed E-state index contributed by atoms with van der Waals surface area (Å²) in [5, 5.41) is 13.4. The molecule has 0 aliphatic rings. The van der Waals surface area contributed by atoms with Crippen molar-refractivity contribution in [2.45, 2.75) is 26.3 Å². The lowest BCUT2D eigenvalue weighted by Gasteiger charge is -2.22. The molecule has 1 aromatic heterocycles. The van der Waals surface area contributed by atoms with Gasteiger partial charge in [0.05, 0.1) is 6.07 Å². The van der Waals surface area contributed by atoms with Gasteiger partial charge in [-0.3, -0.25) is 5.32 Å². The number of benzene rings is 1. The molecular formula is C16H19N3O. The molecule has 1 atom stereocenters. The molecule has 0 aliphatic carbocycles. The second kappa shape index (κ2) is 5.89. The minimum atomic E-state index is -0.694. The van der Waals surface area contributed by atoms with E-state index in [4.69, 9.17) is 4.74 Å². The maximum atomic E-state index is 9.24. The van der Waals surface area contributed by atoms with Crippen LogP contribution in [0.4, 0.5) is 0 Å². The highest BCUT2D eigenvalue weighted by Gasteiger charge is 2.23. The average molecular weight is 269 g/mol. The van der Waals surface area contributed by atoms with Crippen LogP contribution in [0.1, 0.15) is 19.5 Å². The molecule has 4 heteroatoms. The summed E-state index contributed by atoms with van der Waals surface area (Å²) in [5.74, 6) is 0.713. The third kappa shape index (κ3) is 3.06. The molecule has 0 saturated carbocycles. The predicted molar refractivity (Wildman–Crippen MR) is 79.7 cm³/mol. The Morgan fingerprint density at radius 3 is 2.85 bits per heavy atom. The van der Waals surface area contributed by atoms with Crippen LogP contribution in [0.2, 0.25) is 0 Å². The van der Waals surface area contributed by atoms with Crippen molar-refractivity contribution in [1.29, 1.82) is 5.26 Å². The molecule has 2 aromatic rings. The van der Waals surface area contributed by atoms with Crippen LogP contribution >= 0.6 is 0 Å². The molecule has 0 saturated heterocycles.